The fourth-order valence-corrected chi connectivity index (χ4v) is 5.86. The summed E-state index contributed by atoms with van der Waals surface area (Å²) in [5, 5.41) is 10.5. The number of rotatable bonds is 25. The molecule has 0 saturated carbocycles. The van der Waals surface area contributed by atoms with Crippen molar-refractivity contribution in [2.45, 2.75) is 184 Å². The van der Waals surface area contributed by atoms with Crippen molar-refractivity contribution >= 4 is 0 Å². The van der Waals surface area contributed by atoms with Gasteiger partial charge in [0.2, 0.25) is 0 Å². The second kappa shape index (κ2) is 23.6. The van der Waals surface area contributed by atoms with Gasteiger partial charge in [0.15, 0.2) is 0 Å². The van der Waals surface area contributed by atoms with Crippen LogP contribution in [0, 0.1) is 35.5 Å². The van der Waals surface area contributed by atoms with Crippen LogP contribution in [0.5, 0.6) is 0 Å². The van der Waals surface area contributed by atoms with Crippen LogP contribution in [-0.4, -0.2) is 11.2 Å². The molecule has 0 heterocycles. The molecule has 0 aromatic heterocycles. The van der Waals surface area contributed by atoms with E-state index in [0.29, 0.717) is 0 Å². The van der Waals surface area contributed by atoms with Gasteiger partial charge in [0.05, 0.1) is 6.10 Å². The fourth-order valence-electron chi connectivity index (χ4n) is 5.86. The lowest BCUT2D eigenvalue weighted by atomic mass is 9.91. The molecular formula is C36H72O. The molecule has 3 unspecified atom stereocenters. The number of aliphatic hydroxyl groups is 1. The highest BCUT2D eigenvalue weighted by Gasteiger charge is 2.09. The standard InChI is InChI=1S/C36H72O/c1-29(2)16-10-18-31(5)20-12-22-33(7)24-14-26-35(9)28-36(37)27-15-25-34(8)23-13-21-32(6)19-11-17-30(3)4/h28-34,36-37H,10-27H2,1-9H3/b35-28+/t31-,32?,33-,34?,36?/m1/s1. The summed E-state index contributed by atoms with van der Waals surface area (Å²) in [4.78, 5) is 0. The van der Waals surface area contributed by atoms with Crippen LogP contribution in [0.3, 0.4) is 0 Å². The predicted octanol–water partition coefficient (Wildman–Crippen LogP) is 12.2. The molecule has 0 rings (SSSR count). The first-order valence-electron chi connectivity index (χ1n) is 16.8. The molecule has 0 radical (unpaired) electrons. The molecule has 0 aromatic carbocycles. The van der Waals surface area contributed by atoms with E-state index >= 15 is 0 Å². The SMILES string of the molecule is C/C(=C\C(O)CCCC(C)CCCC(C)CCCC(C)C)CCC[C@H](C)CCC[C@H](C)CCCC(C)C. The third-order valence-electron chi connectivity index (χ3n) is 8.69. The minimum atomic E-state index is -0.247. The largest absolute Gasteiger partial charge is 0.389 e. The molecule has 0 aromatic rings. The van der Waals surface area contributed by atoms with Crippen molar-refractivity contribution in [2.24, 2.45) is 35.5 Å². The minimum absolute atomic E-state index is 0.247. The van der Waals surface area contributed by atoms with Crippen LogP contribution >= 0.6 is 0 Å². The Morgan fingerprint density at radius 3 is 1.11 bits per heavy atom. The van der Waals surface area contributed by atoms with Gasteiger partial charge in [-0.25, -0.2) is 0 Å². The first kappa shape index (κ1) is 36.7. The van der Waals surface area contributed by atoms with Crippen molar-refractivity contribution in [1.82, 2.24) is 0 Å². The van der Waals surface area contributed by atoms with Crippen LogP contribution in [0.4, 0.5) is 0 Å². The van der Waals surface area contributed by atoms with E-state index in [1.165, 1.54) is 102 Å². The quantitative estimate of drug-likeness (QED) is 0.119. The Hall–Kier alpha value is -0.300. The zero-order chi connectivity index (χ0) is 28.1. The van der Waals surface area contributed by atoms with E-state index < -0.39 is 0 Å². The Labute approximate surface area is 236 Å². The zero-order valence-corrected chi connectivity index (χ0v) is 27.3. The lowest BCUT2D eigenvalue weighted by molar-refractivity contribution is 0.204. The maximum absolute atomic E-state index is 10.5. The van der Waals surface area contributed by atoms with E-state index in [0.717, 1.165) is 54.8 Å². The lowest BCUT2D eigenvalue weighted by Crippen LogP contribution is -2.05. The molecule has 222 valence electrons. The highest BCUT2D eigenvalue weighted by molar-refractivity contribution is 5.01. The number of hydrogen-bond donors (Lipinski definition) is 1. The predicted molar refractivity (Wildman–Crippen MR) is 169 cm³/mol. The number of allylic oxidation sites excluding steroid dienone is 1. The summed E-state index contributed by atoms with van der Waals surface area (Å²) in [6.45, 7) is 21.3. The molecule has 1 N–H and O–H groups in total. The van der Waals surface area contributed by atoms with Gasteiger partial charge >= 0.3 is 0 Å². The molecule has 37 heavy (non-hydrogen) atoms. The molecule has 0 amide bonds. The highest BCUT2D eigenvalue weighted by Crippen LogP contribution is 2.24. The molecule has 5 atom stereocenters. The molecule has 0 bridgehead atoms. The maximum Gasteiger partial charge on any atom is 0.0723 e. The Morgan fingerprint density at radius 2 is 0.757 bits per heavy atom. The van der Waals surface area contributed by atoms with Gasteiger partial charge in [-0.3, -0.25) is 0 Å². The van der Waals surface area contributed by atoms with Gasteiger partial charge in [-0.1, -0.05) is 163 Å². The molecule has 0 spiro atoms. The first-order chi connectivity index (χ1) is 17.5. The van der Waals surface area contributed by atoms with Gasteiger partial charge < -0.3 is 5.11 Å². The Balaban J connectivity index is 3.82. The van der Waals surface area contributed by atoms with Crippen molar-refractivity contribution < 1.29 is 5.11 Å². The molecular weight excluding hydrogens is 448 g/mol. The molecule has 1 nitrogen and oxygen atoms in total. The van der Waals surface area contributed by atoms with E-state index in [2.05, 4.69) is 68.4 Å². The summed E-state index contributed by atoms with van der Waals surface area (Å²) in [5.74, 6) is 5.12. The van der Waals surface area contributed by atoms with E-state index in [1.807, 2.05) is 0 Å². The second-order valence-electron chi connectivity index (χ2n) is 14.3. The highest BCUT2D eigenvalue weighted by atomic mass is 16.3. The van der Waals surface area contributed by atoms with Crippen molar-refractivity contribution in [3.8, 4) is 0 Å². The van der Waals surface area contributed by atoms with Crippen molar-refractivity contribution in [3.05, 3.63) is 11.6 Å². The number of hydrogen-bond acceptors (Lipinski definition) is 1. The molecule has 0 fully saturated rings. The van der Waals surface area contributed by atoms with E-state index in [1.54, 1.807) is 0 Å². The molecule has 0 aliphatic rings. The third-order valence-corrected chi connectivity index (χ3v) is 8.69. The van der Waals surface area contributed by atoms with Crippen molar-refractivity contribution in [3.63, 3.8) is 0 Å². The smallest absolute Gasteiger partial charge is 0.0723 e. The van der Waals surface area contributed by atoms with Gasteiger partial charge in [-0.2, -0.15) is 0 Å². The Kier molecular flexibility index (Phi) is 23.4. The summed E-state index contributed by atoms with van der Waals surface area (Å²) < 4.78 is 0. The van der Waals surface area contributed by atoms with E-state index in [9.17, 15) is 5.11 Å². The maximum atomic E-state index is 10.5. The molecule has 0 saturated heterocycles. The second-order valence-corrected chi connectivity index (χ2v) is 14.3. The van der Waals surface area contributed by atoms with Gasteiger partial charge in [-0.15, -0.1) is 0 Å². The topological polar surface area (TPSA) is 20.2 Å². The van der Waals surface area contributed by atoms with Gasteiger partial charge in [0.1, 0.15) is 0 Å². The van der Waals surface area contributed by atoms with Gasteiger partial charge in [0.25, 0.3) is 0 Å². The normalized spacial score (nSPS) is 16.8. The first-order valence-corrected chi connectivity index (χ1v) is 16.8. The monoisotopic (exact) mass is 521 g/mol. The van der Waals surface area contributed by atoms with Gasteiger partial charge in [0, 0.05) is 0 Å². The molecule has 0 aliphatic carbocycles. The minimum Gasteiger partial charge on any atom is -0.389 e. The summed E-state index contributed by atoms with van der Waals surface area (Å²) in [6.07, 6.45) is 25.7. The van der Waals surface area contributed by atoms with Gasteiger partial charge in [-0.05, 0) is 61.7 Å². The van der Waals surface area contributed by atoms with Crippen LogP contribution in [0.25, 0.3) is 0 Å². The van der Waals surface area contributed by atoms with Crippen molar-refractivity contribution in [1.29, 1.82) is 0 Å². The van der Waals surface area contributed by atoms with Crippen LogP contribution in [0.15, 0.2) is 11.6 Å². The van der Waals surface area contributed by atoms with Crippen LogP contribution in [0.1, 0.15) is 178 Å². The fraction of sp³-hybridized carbons (Fsp3) is 0.944. The average molecular weight is 521 g/mol. The summed E-state index contributed by atoms with van der Waals surface area (Å²) >= 11 is 0. The van der Waals surface area contributed by atoms with Crippen molar-refractivity contribution in [2.75, 3.05) is 0 Å². The number of aliphatic hydroxyl groups excluding tert-OH is 1. The van der Waals surface area contributed by atoms with E-state index in [4.69, 9.17) is 0 Å². The van der Waals surface area contributed by atoms with E-state index in [-0.39, 0.29) is 6.10 Å². The Morgan fingerprint density at radius 1 is 0.459 bits per heavy atom. The lowest BCUT2D eigenvalue weighted by Gasteiger charge is -2.16. The summed E-state index contributed by atoms with van der Waals surface area (Å²) in [6, 6.07) is 0. The Bertz CT molecular complexity index is 519. The molecule has 1 heteroatoms. The van der Waals surface area contributed by atoms with Crippen LogP contribution in [-0.2, 0) is 0 Å². The zero-order valence-electron chi connectivity index (χ0n) is 27.3. The third kappa shape index (κ3) is 25.7. The van der Waals surface area contributed by atoms with Crippen LogP contribution < -0.4 is 0 Å². The van der Waals surface area contributed by atoms with Crippen LogP contribution in [0.2, 0.25) is 0 Å². The summed E-state index contributed by atoms with van der Waals surface area (Å²) in [5.41, 5.74) is 1.39. The summed E-state index contributed by atoms with van der Waals surface area (Å²) in [7, 11) is 0. The average Bonchev–Trinajstić information content (AvgIpc) is 2.78. The molecule has 0 aliphatic heterocycles.